The molecular formula is C17H26N4. The van der Waals surface area contributed by atoms with Crippen LogP contribution in [0.25, 0.3) is 0 Å². The van der Waals surface area contributed by atoms with Gasteiger partial charge in [0.05, 0.1) is 5.69 Å². The topological polar surface area (TPSA) is 42.7 Å². The van der Waals surface area contributed by atoms with Gasteiger partial charge in [-0.1, -0.05) is 19.9 Å². The van der Waals surface area contributed by atoms with Gasteiger partial charge in [0.15, 0.2) is 0 Å². The minimum absolute atomic E-state index is 0.287. The fraction of sp³-hybridized carbons (Fsp3) is 0.529. The lowest BCUT2D eigenvalue weighted by atomic mass is 10.0. The molecule has 1 N–H and O–H groups in total. The molecule has 2 rings (SSSR count). The Bertz CT molecular complexity index is 557. The van der Waals surface area contributed by atoms with Crippen molar-refractivity contribution in [3.8, 4) is 0 Å². The van der Waals surface area contributed by atoms with Crippen LogP contribution >= 0.6 is 0 Å². The van der Waals surface area contributed by atoms with Crippen molar-refractivity contribution in [3.63, 3.8) is 0 Å². The molecule has 2 aromatic heterocycles. The Morgan fingerprint density at radius 3 is 2.62 bits per heavy atom. The highest BCUT2D eigenvalue weighted by atomic mass is 15.3. The molecule has 0 aliphatic rings. The van der Waals surface area contributed by atoms with Crippen molar-refractivity contribution in [1.29, 1.82) is 0 Å². The normalized spacial score (nSPS) is 12.6. The van der Waals surface area contributed by atoms with Gasteiger partial charge in [-0.05, 0) is 44.5 Å². The first-order chi connectivity index (χ1) is 10.2. The summed E-state index contributed by atoms with van der Waals surface area (Å²) in [6.07, 6.45) is 3.91. The van der Waals surface area contributed by atoms with Crippen LogP contribution in [-0.2, 0) is 19.4 Å². The molecule has 0 bridgehead atoms. The number of pyridine rings is 1. The second-order valence-electron chi connectivity index (χ2n) is 5.34. The molecule has 0 saturated heterocycles. The van der Waals surface area contributed by atoms with Gasteiger partial charge in [-0.25, -0.2) is 0 Å². The molecule has 2 aromatic rings. The van der Waals surface area contributed by atoms with E-state index in [1.807, 2.05) is 13.1 Å². The van der Waals surface area contributed by atoms with Crippen LogP contribution < -0.4 is 5.32 Å². The number of rotatable bonds is 7. The van der Waals surface area contributed by atoms with Gasteiger partial charge in [0.2, 0.25) is 0 Å². The van der Waals surface area contributed by atoms with Gasteiger partial charge in [0, 0.05) is 36.6 Å². The molecule has 0 aromatic carbocycles. The maximum Gasteiger partial charge on any atom is 0.0624 e. The van der Waals surface area contributed by atoms with Crippen molar-refractivity contribution < 1.29 is 0 Å². The molecule has 0 fully saturated rings. The minimum Gasteiger partial charge on any atom is -0.310 e. The second-order valence-corrected chi connectivity index (χ2v) is 5.34. The summed E-state index contributed by atoms with van der Waals surface area (Å²) in [5.74, 6) is 0. The quantitative estimate of drug-likeness (QED) is 0.850. The van der Waals surface area contributed by atoms with E-state index in [0.717, 1.165) is 31.6 Å². The summed E-state index contributed by atoms with van der Waals surface area (Å²) in [5, 5.41) is 8.21. The van der Waals surface area contributed by atoms with Gasteiger partial charge in [0.25, 0.3) is 0 Å². The van der Waals surface area contributed by atoms with E-state index < -0.39 is 0 Å². The molecule has 0 spiro atoms. The number of nitrogens with zero attached hydrogens (tertiary/aromatic N) is 3. The molecule has 0 aliphatic heterocycles. The zero-order chi connectivity index (χ0) is 15.2. The molecule has 0 aliphatic carbocycles. The molecule has 114 valence electrons. The molecule has 0 amide bonds. The van der Waals surface area contributed by atoms with Crippen LogP contribution in [0, 0.1) is 6.92 Å². The molecule has 0 saturated carbocycles. The predicted octanol–water partition coefficient (Wildman–Crippen LogP) is 3.06. The Kier molecular flexibility index (Phi) is 5.51. The van der Waals surface area contributed by atoms with Crippen LogP contribution in [0.5, 0.6) is 0 Å². The van der Waals surface area contributed by atoms with Crippen LogP contribution in [0.2, 0.25) is 0 Å². The van der Waals surface area contributed by atoms with Crippen molar-refractivity contribution in [2.45, 2.75) is 53.1 Å². The Labute approximate surface area is 127 Å². The van der Waals surface area contributed by atoms with Crippen LogP contribution in [-0.4, -0.2) is 21.3 Å². The second kappa shape index (κ2) is 7.36. The van der Waals surface area contributed by atoms with Crippen LogP contribution in [0.3, 0.4) is 0 Å². The third-order valence-electron chi connectivity index (χ3n) is 3.78. The summed E-state index contributed by atoms with van der Waals surface area (Å²) in [4.78, 5) is 4.43. The van der Waals surface area contributed by atoms with Crippen molar-refractivity contribution in [1.82, 2.24) is 20.1 Å². The van der Waals surface area contributed by atoms with E-state index in [9.17, 15) is 0 Å². The van der Waals surface area contributed by atoms with Gasteiger partial charge >= 0.3 is 0 Å². The van der Waals surface area contributed by atoms with Crippen LogP contribution in [0.1, 0.15) is 49.5 Å². The Hall–Kier alpha value is -1.68. The first-order valence-corrected chi connectivity index (χ1v) is 7.89. The summed E-state index contributed by atoms with van der Waals surface area (Å²) in [5.41, 5.74) is 4.76. The molecule has 21 heavy (non-hydrogen) atoms. The lowest BCUT2D eigenvalue weighted by Crippen LogP contribution is -2.24. The monoisotopic (exact) mass is 286 g/mol. The molecule has 4 heteroatoms. The third-order valence-corrected chi connectivity index (χ3v) is 3.78. The van der Waals surface area contributed by atoms with Gasteiger partial charge in [-0.3, -0.25) is 9.67 Å². The number of aryl methyl sites for hydroxylation is 3. The largest absolute Gasteiger partial charge is 0.310 e. The van der Waals surface area contributed by atoms with Crippen molar-refractivity contribution in [3.05, 3.63) is 47.0 Å². The first kappa shape index (κ1) is 15.7. The maximum atomic E-state index is 4.64. The number of aromatic nitrogens is 3. The third kappa shape index (κ3) is 3.91. The van der Waals surface area contributed by atoms with E-state index in [2.05, 4.69) is 59.1 Å². The average molecular weight is 286 g/mol. The lowest BCUT2D eigenvalue weighted by Gasteiger charge is -2.18. The lowest BCUT2D eigenvalue weighted by molar-refractivity contribution is 0.514. The number of hydrogen-bond donors (Lipinski definition) is 1. The van der Waals surface area contributed by atoms with E-state index in [4.69, 9.17) is 0 Å². The van der Waals surface area contributed by atoms with Gasteiger partial charge in [-0.15, -0.1) is 0 Å². The number of nitrogens with one attached hydrogen (secondary N) is 1. The molecule has 2 heterocycles. The fourth-order valence-corrected chi connectivity index (χ4v) is 2.57. The van der Waals surface area contributed by atoms with E-state index in [0.29, 0.717) is 0 Å². The number of likely N-dealkylation sites (N-methyl/N-ethyl adjacent to an activating group) is 1. The smallest absolute Gasteiger partial charge is 0.0624 e. The standard InChI is InChI=1S/C17H26N4/c1-5-15-10-16(21(7-3)20-15)11-17(18-6-2)14-9-8-13(4)19-12-14/h8-10,12,17-18H,5-7,11H2,1-4H3. The van der Waals surface area contributed by atoms with E-state index in [1.54, 1.807) is 0 Å². The zero-order valence-corrected chi connectivity index (χ0v) is 13.6. The predicted molar refractivity (Wildman–Crippen MR) is 86.4 cm³/mol. The SMILES string of the molecule is CCNC(Cc1cc(CC)nn1CC)c1ccc(C)nc1. The first-order valence-electron chi connectivity index (χ1n) is 7.89. The fourth-order valence-electron chi connectivity index (χ4n) is 2.57. The molecule has 1 unspecified atom stereocenters. The van der Waals surface area contributed by atoms with Gasteiger partial charge in [-0.2, -0.15) is 5.10 Å². The summed E-state index contributed by atoms with van der Waals surface area (Å²) in [6.45, 7) is 10.3. The van der Waals surface area contributed by atoms with Crippen LogP contribution in [0.4, 0.5) is 0 Å². The highest BCUT2D eigenvalue weighted by Gasteiger charge is 2.15. The summed E-state index contributed by atoms with van der Waals surface area (Å²) < 4.78 is 2.12. The van der Waals surface area contributed by atoms with Gasteiger partial charge in [0.1, 0.15) is 0 Å². The maximum absolute atomic E-state index is 4.64. The summed E-state index contributed by atoms with van der Waals surface area (Å²) in [7, 11) is 0. The van der Waals surface area contributed by atoms with E-state index >= 15 is 0 Å². The molecule has 1 atom stereocenters. The van der Waals surface area contributed by atoms with Gasteiger partial charge < -0.3 is 5.32 Å². The summed E-state index contributed by atoms with van der Waals surface area (Å²) in [6, 6.07) is 6.77. The minimum atomic E-state index is 0.287. The number of hydrogen-bond acceptors (Lipinski definition) is 3. The Morgan fingerprint density at radius 1 is 1.24 bits per heavy atom. The Balaban J connectivity index is 2.23. The zero-order valence-electron chi connectivity index (χ0n) is 13.6. The van der Waals surface area contributed by atoms with E-state index in [-0.39, 0.29) is 6.04 Å². The van der Waals surface area contributed by atoms with Crippen molar-refractivity contribution >= 4 is 0 Å². The molecular weight excluding hydrogens is 260 g/mol. The molecule has 4 nitrogen and oxygen atoms in total. The van der Waals surface area contributed by atoms with E-state index in [1.165, 1.54) is 17.0 Å². The van der Waals surface area contributed by atoms with Crippen molar-refractivity contribution in [2.75, 3.05) is 6.54 Å². The van der Waals surface area contributed by atoms with Crippen LogP contribution in [0.15, 0.2) is 24.4 Å². The average Bonchev–Trinajstić information content (AvgIpc) is 2.90. The highest BCUT2D eigenvalue weighted by molar-refractivity contribution is 5.21. The van der Waals surface area contributed by atoms with Crippen molar-refractivity contribution in [2.24, 2.45) is 0 Å². The summed E-state index contributed by atoms with van der Waals surface area (Å²) >= 11 is 0. The highest BCUT2D eigenvalue weighted by Crippen LogP contribution is 2.19. The molecule has 0 radical (unpaired) electrons. The Morgan fingerprint density at radius 2 is 2.05 bits per heavy atom.